The first-order chi connectivity index (χ1) is 15.6. The Labute approximate surface area is 186 Å². The summed E-state index contributed by atoms with van der Waals surface area (Å²) in [4.78, 5) is 49.9. The number of piperidine rings is 1. The molecule has 2 aromatic carbocycles. The van der Waals surface area contributed by atoms with E-state index in [2.05, 4.69) is 16.0 Å². The summed E-state index contributed by atoms with van der Waals surface area (Å²) in [7, 11) is 0. The normalized spacial score (nSPS) is 18.1. The Morgan fingerprint density at radius 2 is 1.88 bits per heavy atom. The Balaban J connectivity index is 1.40. The predicted octanol–water partition coefficient (Wildman–Crippen LogP) is 2.79. The summed E-state index contributed by atoms with van der Waals surface area (Å²) in [6.45, 7) is 0.196. The van der Waals surface area contributed by atoms with Gasteiger partial charge in [0.05, 0.1) is 11.3 Å². The molecule has 0 bridgehead atoms. The summed E-state index contributed by atoms with van der Waals surface area (Å²) >= 11 is 0. The molecule has 1 atom stereocenters. The average molecular weight is 460 g/mol. The van der Waals surface area contributed by atoms with Crippen LogP contribution in [0.2, 0.25) is 0 Å². The number of nitrogens with zero attached hydrogens (tertiary/aromatic N) is 1. The van der Waals surface area contributed by atoms with E-state index in [1.165, 1.54) is 17.0 Å². The highest BCUT2D eigenvalue weighted by atomic mass is 19.4. The quantitative estimate of drug-likeness (QED) is 0.610. The van der Waals surface area contributed by atoms with E-state index >= 15 is 0 Å². The Bertz CT molecular complexity index is 1150. The molecule has 2 aliphatic heterocycles. The van der Waals surface area contributed by atoms with Gasteiger partial charge in [0.1, 0.15) is 6.04 Å². The summed E-state index contributed by atoms with van der Waals surface area (Å²) < 4.78 is 39.2. The van der Waals surface area contributed by atoms with Gasteiger partial charge < -0.3 is 15.5 Å². The van der Waals surface area contributed by atoms with Crippen LogP contribution in [-0.2, 0) is 28.9 Å². The maximum Gasteiger partial charge on any atom is 0.418 e. The second-order valence-corrected chi connectivity index (χ2v) is 7.74. The zero-order chi connectivity index (χ0) is 23.8. The number of carbonyl (C=O) groups excluding carboxylic acids is 4. The molecule has 172 valence electrons. The lowest BCUT2D eigenvalue weighted by Gasteiger charge is -2.29. The second-order valence-electron chi connectivity index (χ2n) is 7.74. The zero-order valence-electron chi connectivity index (χ0n) is 17.2. The van der Waals surface area contributed by atoms with Crippen molar-refractivity contribution in [3.63, 3.8) is 0 Å². The number of rotatable bonds is 4. The maximum atomic E-state index is 13.1. The van der Waals surface area contributed by atoms with Gasteiger partial charge in [0.25, 0.3) is 5.91 Å². The Morgan fingerprint density at radius 3 is 2.61 bits per heavy atom. The average Bonchev–Trinajstić information content (AvgIpc) is 3.08. The fraction of sp³-hybridized carbons (Fsp3) is 0.273. The van der Waals surface area contributed by atoms with Crippen molar-refractivity contribution in [1.29, 1.82) is 0 Å². The van der Waals surface area contributed by atoms with Crippen molar-refractivity contribution in [2.75, 3.05) is 5.32 Å². The van der Waals surface area contributed by atoms with Crippen LogP contribution in [0.4, 0.5) is 23.7 Å². The minimum absolute atomic E-state index is 0.0288. The zero-order valence-corrected chi connectivity index (χ0v) is 17.2. The number of para-hydroxylation sites is 1. The smallest absolute Gasteiger partial charge is 0.334 e. The van der Waals surface area contributed by atoms with Crippen LogP contribution in [-0.4, -0.2) is 34.7 Å². The molecule has 1 saturated heterocycles. The van der Waals surface area contributed by atoms with Crippen LogP contribution in [0.1, 0.15) is 39.9 Å². The number of amides is 5. The summed E-state index contributed by atoms with van der Waals surface area (Å²) in [6.07, 6.45) is -4.21. The summed E-state index contributed by atoms with van der Waals surface area (Å²) in [5, 5.41) is 6.90. The van der Waals surface area contributed by atoms with Gasteiger partial charge in [-0.1, -0.05) is 24.3 Å². The van der Waals surface area contributed by atoms with E-state index in [1.807, 2.05) is 0 Å². The van der Waals surface area contributed by atoms with Crippen molar-refractivity contribution < 1.29 is 32.3 Å². The highest BCUT2D eigenvalue weighted by molar-refractivity contribution is 6.05. The van der Waals surface area contributed by atoms with Crippen LogP contribution in [0.3, 0.4) is 0 Å². The number of nitrogens with one attached hydrogen (secondary N) is 3. The van der Waals surface area contributed by atoms with Crippen LogP contribution in [0.25, 0.3) is 0 Å². The first kappa shape index (κ1) is 22.3. The number of imide groups is 1. The molecule has 11 heteroatoms. The number of benzene rings is 2. The number of carbonyl (C=O) groups is 4. The van der Waals surface area contributed by atoms with Gasteiger partial charge in [-0.3, -0.25) is 19.7 Å². The number of anilines is 1. The van der Waals surface area contributed by atoms with Gasteiger partial charge in [-0.05, 0) is 35.7 Å². The van der Waals surface area contributed by atoms with E-state index in [9.17, 15) is 32.3 Å². The molecular formula is C22H19F3N4O4. The van der Waals surface area contributed by atoms with Gasteiger partial charge in [-0.25, -0.2) is 4.79 Å². The van der Waals surface area contributed by atoms with E-state index in [-0.39, 0.29) is 43.4 Å². The number of alkyl halides is 3. The van der Waals surface area contributed by atoms with Crippen molar-refractivity contribution in [3.05, 3.63) is 64.7 Å². The fourth-order valence-corrected chi connectivity index (χ4v) is 3.90. The van der Waals surface area contributed by atoms with Gasteiger partial charge in [-0.2, -0.15) is 13.2 Å². The third kappa shape index (κ3) is 4.66. The van der Waals surface area contributed by atoms with Gasteiger partial charge >= 0.3 is 12.2 Å². The molecule has 1 unspecified atom stereocenters. The van der Waals surface area contributed by atoms with Crippen molar-refractivity contribution in [2.45, 2.75) is 38.1 Å². The minimum atomic E-state index is -4.61. The molecule has 0 spiro atoms. The molecule has 5 amide bonds. The molecule has 2 aromatic rings. The molecule has 0 saturated carbocycles. The van der Waals surface area contributed by atoms with Crippen LogP contribution < -0.4 is 16.0 Å². The SMILES string of the molecule is O=C1CCC(N2Cc3ccc(CNC(=O)Nc4ccccc4C(F)(F)F)cc3C2=O)C(=O)N1. The molecule has 0 aromatic heterocycles. The van der Waals surface area contributed by atoms with Gasteiger partial charge in [0.2, 0.25) is 11.8 Å². The molecule has 8 nitrogen and oxygen atoms in total. The third-order valence-electron chi connectivity index (χ3n) is 5.53. The number of hydrogen-bond donors (Lipinski definition) is 3. The van der Waals surface area contributed by atoms with E-state index in [0.717, 1.165) is 12.1 Å². The summed E-state index contributed by atoms with van der Waals surface area (Å²) in [6, 6.07) is 8.03. The largest absolute Gasteiger partial charge is 0.418 e. The van der Waals surface area contributed by atoms with Gasteiger partial charge in [-0.15, -0.1) is 0 Å². The highest BCUT2D eigenvalue weighted by Crippen LogP contribution is 2.34. The van der Waals surface area contributed by atoms with Gasteiger partial charge in [0.15, 0.2) is 0 Å². The molecule has 4 rings (SSSR count). The molecule has 1 fully saturated rings. The summed E-state index contributed by atoms with van der Waals surface area (Å²) in [5.41, 5.74) is 0.314. The number of urea groups is 1. The van der Waals surface area contributed by atoms with Crippen LogP contribution >= 0.6 is 0 Å². The number of fused-ring (bicyclic) bond motifs is 1. The lowest BCUT2D eigenvalue weighted by atomic mass is 10.0. The van der Waals surface area contributed by atoms with Crippen molar-refractivity contribution in [2.24, 2.45) is 0 Å². The van der Waals surface area contributed by atoms with E-state index in [0.29, 0.717) is 16.7 Å². The molecule has 2 heterocycles. The molecular weight excluding hydrogens is 441 g/mol. The van der Waals surface area contributed by atoms with Gasteiger partial charge in [0, 0.05) is 25.1 Å². The Morgan fingerprint density at radius 1 is 1.12 bits per heavy atom. The van der Waals surface area contributed by atoms with E-state index in [1.54, 1.807) is 18.2 Å². The Kier molecular flexibility index (Phi) is 5.79. The lowest BCUT2D eigenvalue weighted by molar-refractivity contribution is -0.138. The minimum Gasteiger partial charge on any atom is -0.334 e. The van der Waals surface area contributed by atoms with Crippen LogP contribution in [0.5, 0.6) is 0 Å². The first-order valence-electron chi connectivity index (χ1n) is 10.1. The van der Waals surface area contributed by atoms with Crippen LogP contribution in [0.15, 0.2) is 42.5 Å². The molecule has 33 heavy (non-hydrogen) atoms. The molecule has 2 aliphatic rings. The predicted molar refractivity (Wildman–Crippen MR) is 110 cm³/mol. The van der Waals surface area contributed by atoms with Crippen molar-refractivity contribution in [3.8, 4) is 0 Å². The van der Waals surface area contributed by atoms with Crippen molar-refractivity contribution >= 4 is 29.4 Å². The fourth-order valence-electron chi connectivity index (χ4n) is 3.90. The number of hydrogen-bond acceptors (Lipinski definition) is 4. The number of halogens is 3. The maximum absolute atomic E-state index is 13.1. The molecule has 0 aliphatic carbocycles. The van der Waals surface area contributed by atoms with E-state index < -0.39 is 29.7 Å². The van der Waals surface area contributed by atoms with E-state index in [4.69, 9.17) is 0 Å². The Hall–Kier alpha value is -3.89. The topological polar surface area (TPSA) is 108 Å². The standard InChI is InChI=1S/C22H19F3N4O4/c23-22(24,25)15-3-1-2-4-16(15)27-21(33)26-10-12-5-6-13-11-29(20(32)14(13)9-12)17-7-8-18(30)28-19(17)31/h1-6,9,17H,7-8,10-11H2,(H2,26,27,33)(H,28,30,31). The van der Waals surface area contributed by atoms with Crippen LogP contribution in [0, 0.1) is 0 Å². The molecule has 3 N–H and O–H groups in total. The monoisotopic (exact) mass is 460 g/mol. The second kappa shape index (κ2) is 8.57. The first-order valence-corrected chi connectivity index (χ1v) is 10.1. The van der Waals surface area contributed by atoms with Crippen molar-refractivity contribution in [1.82, 2.24) is 15.5 Å². The highest BCUT2D eigenvalue weighted by Gasteiger charge is 2.39. The molecule has 0 radical (unpaired) electrons. The summed E-state index contributed by atoms with van der Waals surface area (Å²) in [5.74, 6) is -1.24. The third-order valence-corrected chi connectivity index (χ3v) is 5.53. The lowest BCUT2D eigenvalue weighted by Crippen LogP contribution is -2.52.